The van der Waals surface area contributed by atoms with Crippen molar-refractivity contribution >= 4 is 18.0 Å². The summed E-state index contributed by atoms with van der Waals surface area (Å²) < 4.78 is 5.78. The fraction of sp³-hybridized carbons (Fsp3) is 0.500. The molecule has 5 heteroatoms. The van der Waals surface area contributed by atoms with Gasteiger partial charge in [0.2, 0.25) is 0 Å². The van der Waals surface area contributed by atoms with Crippen LogP contribution in [-0.2, 0) is 6.42 Å². The van der Waals surface area contributed by atoms with Crippen molar-refractivity contribution in [2.45, 2.75) is 45.0 Å². The number of thioether (sulfide) groups is 1. The van der Waals surface area contributed by atoms with E-state index in [1.807, 2.05) is 31.1 Å². The highest BCUT2D eigenvalue weighted by Crippen LogP contribution is 2.45. The number of rotatable bonds is 4. The second-order valence-corrected chi connectivity index (χ2v) is 8.77. The number of ether oxygens (including phenoxy) is 1. The van der Waals surface area contributed by atoms with Crippen molar-refractivity contribution in [3.05, 3.63) is 51.7 Å². The molecule has 1 aromatic rings. The molecule has 0 fully saturated rings. The summed E-state index contributed by atoms with van der Waals surface area (Å²) in [6.45, 7) is 9.43. The second kappa shape index (κ2) is 7.72. The van der Waals surface area contributed by atoms with Gasteiger partial charge in [0.1, 0.15) is 11.1 Å². The Morgan fingerprint density at radius 2 is 2.22 bits per heavy atom. The largest absolute Gasteiger partial charge is 0.493 e. The molecule has 0 amide bonds. The molecule has 144 valence electrons. The van der Waals surface area contributed by atoms with Crippen molar-refractivity contribution < 1.29 is 4.74 Å². The minimum atomic E-state index is 0.377. The first-order valence-electron chi connectivity index (χ1n) is 9.84. The number of likely N-dealkylation sites (N-methyl/N-ethyl adjacent to an activating group) is 1. The average Bonchev–Trinajstić information content (AvgIpc) is 3.29. The van der Waals surface area contributed by atoms with E-state index in [-0.39, 0.29) is 0 Å². The molecule has 27 heavy (non-hydrogen) atoms. The molecule has 3 heterocycles. The Hall–Kier alpha value is -1.72. The molecule has 0 radical (unpaired) electrons. The SMILES string of the molecule is C/C=N\C=C(/C)C1SC2=C(CCN([C@@H](C)c3ccc4c(c3)OCC4)C2)N1C. The van der Waals surface area contributed by atoms with Gasteiger partial charge in [-0.1, -0.05) is 23.9 Å². The fourth-order valence-electron chi connectivity index (χ4n) is 4.22. The Labute approximate surface area is 167 Å². The van der Waals surface area contributed by atoms with E-state index in [4.69, 9.17) is 4.74 Å². The number of aliphatic imine (C=N–C) groups is 1. The molecule has 4 rings (SSSR count). The van der Waals surface area contributed by atoms with Crippen LogP contribution in [0.25, 0.3) is 0 Å². The molecule has 0 bridgehead atoms. The number of nitrogens with zero attached hydrogens (tertiary/aromatic N) is 3. The van der Waals surface area contributed by atoms with E-state index in [1.165, 1.54) is 27.3 Å². The van der Waals surface area contributed by atoms with E-state index < -0.39 is 0 Å². The van der Waals surface area contributed by atoms with Crippen LogP contribution in [0, 0.1) is 0 Å². The molecule has 3 aliphatic rings. The smallest absolute Gasteiger partial charge is 0.122 e. The summed E-state index contributed by atoms with van der Waals surface area (Å²) in [6.07, 6.45) is 6.01. The molecule has 0 aliphatic carbocycles. The number of hydrogen-bond donors (Lipinski definition) is 0. The summed E-state index contributed by atoms with van der Waals surface area (Å²) in [7, 11) is 2.23. The Balaban J connectivity index is 1.47. The van der Waals surface area contributed by atoms with Crippen LogP contribution in [0.5, 0.6) is 5.75 Å². The maximum atomic E-state index is 5.78. The molecule has 0 saturated heterocycles. The molecule has 0 spiro atoms. The third-order valence-corrected chi connectivity index (χ3v) is 7.46. The van der Waals surface area contributed by atoms with Gasteiger partial charge in [-0.25, -0.2) is 0 Å². The van der Waals surface area contributed by atoms with Gasteiger partial charge in [0.05, 0.1) is 6.61 Å². The molecule has 0 aromatic heterocycles. The van der Waals surface area contributed by atoms with E-state index >= 15 is 0 Å². The van der Waals surface area contributed by atoms with Crippen LogP contribution in [0.2, 0.25) is 0 Å². The first-order valence-corrected chi connectivity index (χ1v) is 10.7. The highest BCUT2D eigenvalue weighted by Gasteiger charge is 2.35. The van der Waals surface area contributed by atoms with Gasteiger partial charge in [0, 0.05) is 62.0 Å². The predicted octanol–water partition coefficient (Wildman–Crippen LogP) is 4.60. The van der Waals surface area contributed by atoms with Crippen molar-refractivity contribution in [3.8, 4) is 5.75 Å². The summed E-state index contributed by atoms with van der Waals surface area (Å²) in [5, 5.41) is 0.377. The van der Waals surface area contributed by atoms with Crippen LogP contribution < -0.4 is 4.74 Å². The Morgan fingerprint density at radius 3 is 3.04 bits per heavy atom. The van der Waals surface area contributed by atoms with E-state index in [0.29, 0.717) is 11.4 Å². The number of benzene rings is 1. The van der Waals surface area contributed by atoms with E-state index in [2.05, 4.69) is 53.9 Å². The van der Waals surface area contributed by atoms with Gasteiger partial charge in [0.25, 0.3) is 0 Å². The quantitative estimate of drug-likeness (QED) is 0.711. The lowest BCUT2D eigenvalue weighted by atomic mass is 10.0. The van der Waals surface area contributed by atoms with Crippen molar-refractivity contribution in [2.24, 2.45) is 4.99 Å². The van der Waals surface area contributed by atoms with E-state index in [0.717, 1.165) is 38.3 Å². The zero-order valence-electron chi connectivity index (χ0n) is 16.7. The lowest BCUT2D eigenvalue weighted by molar-refractivity contribution is 0.213. The molecule has 1 unspecified atom stereocenters. The van der Waals surface area contributed by atoms with Gasteiger partial charge in [-0.2, -0.15) is 0 Å². The minimum Gasteiger partial charge on any atom is -0.493 e. The highest BCUT2D eigenvalue weighted by atomic mass is 32.2. The zero-order chi connectivity index (χ0) is 19.0. The summed E-state index contributed by atoms with van der Waals surface area (Å²) in [5.41, 5.74) is 5.53. The topological polar surface area (TPSA) is 28.1 Å². The fourth-order valence-corrected chi connectivity index (χ4v) is 5.64. The number of hydrogen-bond acceptors (Lipinski definition) is 5. The molecule has 1 aromatic carbocycles. The Bertz CT molecular complexity index is 814. The van der Waals surface area contributed by atoms with Crippen molar-refractivity contribution in [3.63, 3.8) is 0 Å². The van der Waals surface area contributed by atoms with Gasteiger partial charge in [-0.3, -0.25) is 9.89 Å². The van der Waals surface area contributed by atoms with Crippen LogP contribution in [0.1, 0.15) is 44.4 Å². The molecule has 0 N–H and O–H groups in total. The van der Waals surface area contributed by atoms with Gasteiger partial charge < -0.3 is 9.64 Å². The summed E-state index contributed by atoms with van der Waals surface area (Å²) in [6, 6.07) is 7.19. The summed E-state index contributed by atoms with van der Waals surface area (Å²) in [5.74, 6) is 1.09. The average molecular weight is 384 g/mol. The van der Waals surface area contributed by atoms with Crippen LogP contribution in [0.4, 0.5) is 0 Å². The molecular formula is C22H29N3OS. The zero-order valence-corrected chi connectivity index (χ0v) is 17.6. The third-order valence-electron chi connectivity index (χ3n) is 5.90. The molecular weight excluding hydrogens is 354 g/mol. The molecule has 4 nitrogen and oxygen atoms in total. The first kappa shape index (κ1) is 18.6. The van der Waals surface area contributed by atoms with Crippen molar-refractivity contribution in [1.82, 2.24) is 9.80 Å². The monoisotopic (exact) mass is 383 g/mol. The lowest BCUT2D eigenvalue weighted by Crippen LogP contribution is -2.35. The van der Waals surface area contributed by atoms with Crippen LogP contribution in [0.3, 0.4) is 0 Å². The molecule has 2 atom stereocenters. The van der Waals surface area contributed by atoms with Gasteiger partial charge in [-0.05, 0) is 43.5 Å². The normalized spacial score (nSPS) is 24.4. The third kappa shape index (κ3) is 3.55. The summed E-state index contributed by atoms with van der Waals surface area (Å²) in [4.78, 5) is 10.9. The van der Waals surface area contributed by atoms with Crippen LogP contribution >= 0.6 is 11.8 Å². The van der Waals surface area contributed by atoms with E-state index in [1.54, 1.807) is 0 Å². The van der Waals surface area contributed by atoms with E-state index in [9.17, 15) is 0 Å². The van der Waals surface area contributed by atoms with Gasteiger partial charge in [0.15, 0.2) is 0 Å². The molecule has 3 aliphatic heterocycles. The lowest BCUT2D eigenvalue weighted by Gasteiger charge is -2.34. The first-order chi connectivity index (χ1) is 13.1. The predicted molar refractivity (Wildman–Crippen MR) is 114 cm³/mol. The van der Waals surface area contributed by atoms with Crippen LogP contribution in [-0.4, -0.2) is 48.1 Å². The molecule has 0 saturated carbocycles. The van der Waals surface area contributed by atoms with Crippen molar-refractivity contribution in [1.29, 1.82) is 0 Å². The van der Waals surface area contributed by atoms with Crippen molar-refractivity contribution in [2.75, 3.05) is 26.7 Å². The Morgan fingerprint density at radius 1 is 1.37 bits per heavy atom. The Kier molecular flexibility index (Phi) is 5.33. The maximum Gasteiger partial charge on any atom is 0.122 e. The second-order valence-electron chi connectivity index (χ2n) is 7.59. The van der Waals surface area contributed by atoms with Gasteiger partial charge >= 0.3 is 0 Å². The number of fused-ring (bicyclic) bond motifs is 1. The van der Waals surface area contributed by atoms with Crippen LogP contribution in [0.15, 0.2) is 45.6 Å². The maximum absolute atomic E-state index is 5.78. The van der Waals surface area contributed by atoms with Gasteiger partial charge in [-0.15, -0.1) is 0 Å². The highest BCUT2D eigenvalue weighted by molar-refractivity contribution is 8.04. The minimum absolute atomic E-state index is 0.377. The standard InChI is InChI=1S/C22H29N3OS/c1-5-23-13-15(2)22-24(4)19-8-10-25(14-21(19)27-22)16(3)18-7-6-17-9-11-26-20(17)12-18/h5-7,12-13,16,22H,8-11,14H2,1-4H3/b15-13+,23-5-/t16-,22?/m0/s1. The summed E-state index contributed by atoms with van der Waals surface area (Å²) >= 11 is 1.99.